The van der Waals surface area contributed by atoms with Crippen molar-refractivity contribution >= 4 is 17.6 Å². The predicted octanol–water partition coefficient (Wildman–Crippen LogP) is 3.56. The van der Waals surface area contributed by atoms with Crippen molar-refractivity contribution in [1.82, 2.24) is 15.6 Å². The molecule has 4 nitrogen and oxygen atoms in total. The Bertz CT molecular complexity index is 693. The van der Waals surface area contributed by atoms with Gasteiger partial charge in [-0.2, -0.15) is 0 Å². The lowest BCUT2D eigenvalue weighted by molar-refractivity contribution is 0.691. The number of pyridine rings is 1. The highest BCUT2D eigenvalue weighted by Gasteiger charge is 2.44. The summed E-state index contributed by atoms with van der Waals surface area (Å²) >= 11 is 6.01. The zero-order valence-electron chi connectivity index (χ0n) is 14.6. The van der Waals surface area contributed by atoms with E-state index in [0.717, 1.165) is 42.7 Å². The molecule has 1 heterocycles. The minimum Gasteiger partial charge on any atom is -0.357 e. The second-order valence-corrected chi connectivity index (χ2v) is 6.92. The van der Waals surface area contributed by atoms with Gasteiger partial charge in [0.25, 0.3) is 0 Å². The minimum atomic E-state index is 0.188. The third-order valence-corrected chi connectivity index (χ3v) is 4.85. The van der Waals surface area contributed by atoms with Crippen molar-refractivity contribution in [3.05, 3.63) is 64.9 Å². The van der Waals surface area contributed by atoms with Gasteiger partial charge in [0.1, 0.15) is 0 Å². The second kappa shape index (κ2) is 8.34. The van der Waals surface area contributed by atoms with E-state index in [1.54, 1.807) is 0 Å². The molecule has 5 heteroatoms. The van der Waals surface area contributed by atoms with Gasteiger partial charge in [0.2, 0.25) is 0 Å². The Labute approximate surface area is 154 Å². The second-order valence-electron chi connectivity index (χ2n) is 6.48. The van der Waals surface area contributed by atoms with Gasteiger partial charge in [-0.25, -0.2) is 0 Å². The molecule has 1 aromatic carbocycles. The summed E-state index contributed by atoms with van der Waals surface area (Å²) in [5, 5.41) is 7.52. The molecule has 0 unspecified atom stereocenters. The molecule has 1 aliphatic rings. The number of nitrogens with zero attached hydrogens (tertiary/aromatic N) is 2. The monoisotopic (exact) mass is 356 g/mol. The fourth-order valence-corrected chi connectivity index (χ4v) is 3.05. The van der Waals surface area contributed by atoms with E-state index in [-0.39, 0.29) is 5.41 Å². The van der Waals surface area contributed by atoms with Crippen LogP contribution in [0.5, 0.6) is 0 Å². The Balaban J connectivity index is 1.57. The van der Waals surface area contributed by atoms with Crippen LogP contribution in [-0.2, 0) is 11.8 Å². The number of aliphatic imine (C=N–C) groups is 1. The maximum atomic E-state index is 6.01. The van der Waals surface area contributed by atoms with E-state index in [4.69, 9.17) is 16.6 Å². The number of benzene rings is 1. The number of guanidine groups is 1. The van der Waals surface area contributed by atoms with Crippen molar-refractivity contribution in [2.45, 2.75) is 31.6 Å². The summed E-state index contributed by atoms with van der Waals surface area (Å²) in [6.45, 7) is 4.55. The fourth-order valence-electron chi connectivity index (χ4n) is 2.92. The van der Waals surface area contributed by atoms with E-state index in [9.17, 15) is 0 Å². The Morgan fingerprint density at radius 1 is 1.16 bits per heavy atom. The molecule has 0 spiro atoms. The summed E-state index contributed by atoms with van der Waals surface area (Å²) < 4.78 is 0. The molecule has 1 aliphatic carbocycles. The molecule has 1 saturated carbocycles. The van der Waals surface area contributed by atoms with Crippen LogP contribution < -0.4 is 10.6 Å². The van der Waals surface area contributed by atoms with Gasteiger partial charge in [0.15, 0.2) is 5.96 Å². The third-order valence-electron chi connectivity index (χ3n) is 4.59. The summed E-state index contributed by atoms with van der Waals surface area (Å²) in [4.78, 5) is 9.17. The summed E-state index contributed by atoms with van der Waals surface area (Å²) in [6, 6.07) is 14.2. The molecular weight excluding hydrogens is 332 g/mol. The first-order chi connectivity index (χ1) is 12.2. The Kier molecular flexibility index (Phi) is 5.92. The first-order valence-corrected chi connectivity index (χ1v) is 9.28. The minimum absolute atomic E-state index is 0.188. The van der Waals surface area contributed by atoms with E-state index >= 15 is 0 Å². The van der Waals surface area contributed by atoms with Crippen LogP contribution >= 0.6 is 11.6 Å². The molecule has 2 N–H and O–H groups in total. The molecule has 132 valence electrons. The first-order valence-electron chi connectivity index (χ1n) is 8.90. The lowest BCUT2D eigenvalue weighted by Gasteiger charge is -2.16. The number of halogens is 1. The molecule has 0 saturated heterocycles. The van der Waals surface area contributed by atoms with Crippen molar-refractivity contribution in [2.75, 3.05) is 19.6 Å². The van der Waals surface area contributed by atoms with Crippen LogP contribution in [0.3, 0.4) is 0 Å². The highest BCUT2D eigenvalue weighted by Crippen LogP contribution is 2.48. The largest absolute Gasteiger partial charge is 0.357 e. The van der Waals surface area contributed by atoms with Crippen LogP contribution in [0.15, 0.2) is 53.7 Å². The van der Waals surface area contributed by atoms with Gasteiger partial charge in [0.05, 0.1) is 6.54 Å². The van der Waals surface area contributed by atoms with E-state index in [1.165, 1.54) is 18.4 Å². The van der Waals surface area contributed by atoms with Gasteiger partial charge in [-0.15, -0.1) is 0 Å². The van der Waals surface area contributed by atoms with Gasteiger partial charge in [0, 0.05) is 41.8 Å². The number of nitrogens with one attached hydrogen (secondary N) is 2. The van der Waals surface area contributed by atoms with Gasteiger partial charge in [-0.3, -0.25) is 9.98 Å². The summed E-state index contributed by atoms with van der Waals surface area (Å²) in [5.41, 5.74) is 2.61. The van der Waals surface area contributed by atoms with E-state index in [2.05, 4.69) is 34.7 Å². The van der Waals surface area contributed by atoms with Crippen LogP contribution in [0, 0.1) is 0 Å². The van der Waals surface area contributed by atoms with Crippen molar-refractivity contribution in [1.29, 1.82) is 0 Å². The van der Waals surface area contributed by atoms with Crippen molar-refractivity contribution in [3.8, 4) is 0 Å². The van der Waals surface area contributed by atoms with E-state index < -0.39 is 0 Å². The molecule has 1 fully saturated rings. The third kappa shape index (κ3) is 4.95. The quantitative estimate of drug-likeness (QED) is 0.589. The Morgan fingerprint density at radius 2 is 1.96 bits per heavy atom. The van der Waals surface area contributed by atoms with Gasteiger partial charge in [-0.05, 0) is 49.6 Å². The molecule has 3 rings (SSSR count). The molecule has 0 amide bonds. The lowest BCUT2D eigenvalue weighted by atomic mass is 9.96. The first kappa shape index (κ1) is 17.7. The summed E-state index contributed by atoms with van der Waals surface area (Å²) in [6.07, 6.45) is 5.09. The van der Waals surface area contributed by atoms with Gasteiger partial charge in [-0.1, -0.05) is 29.8 Å². The SMILES string of the molecule is CCNC(=NCC1(c2ccc(Cl)cc2)CC1)NCCc1ccccn1. The molecule has 0 aliphatic heterocycles. The molecule has 0 bridgehead atoms. The van der Waals surface area contributed by atoms with Gasteiger partial charge >= 0.3 is 0 Å². The maximum Gasteiger partial charge on any atom is 0.191 e. The zero-order chi connectivity index (χ0) is 17.5. The van der Waals surface area contributed by atoms with Crippen LogP contribution in [0.4, 0.5) is 0 Å². The van der Waals surface area contributed by atoms with E-state index in [0.29, 0.717) is 0 Å². The summed E-state index contributed by atoms with van der Waals surface area (Å²) in [5.74, 6) is 0.874. The maximum absolute atomic E-state index is 6.01. The smallest absolute Gasteiger partial charge is 0.191 e. The highest BCUT2D eigenvalue weighted by molar-refractivity contribution is 6.30. The van der Waals surface area contributed by atoms with Crippen molar-refractivity contribution in [3.63, 3.8) is 0 Å². The Morgan fingerprint density at radius 3 is 2.60 bits per heavy atom. The highest BCUT2D eigenvalue weighted by atomic mass is 35.5. The van der Waals surface area contributed by atoms with Crippen molar-refractivity contribution < 1.29 is 0 Å². The van der Waals surface area contributed by atoms with Crippen molar-refractivity contribution in [2.24, 2.45) is 4.99 Å². The average Bonchev–Trinajstić information content (AvgIpc) is 3.42. The molecule has 2 aromatic rings. The number of hydrogen-bond donors (Lipinski definition) is 2. The normalized spacial score (nSPS) is 15.7. The number of hydrogen-bond acceptors (Lipinski definition) is 2. The fraction of sp³-hybridized carbons (Fsp3) is 0.400. The van der Waals surface area contributed by atoms with Crippen LogP contribution in [0.25, 0.3) is 0 Å². The molecule has 1 aromatic heterocycles. The average molecular weight is 357 g/mol. The molecule has 25 heavy (non-hydrogen) atoms. The van der Waals surface area contributed by atoms with E-state index in [1.807, 2.05) is 36.5 Å². The lowest BCUT2D eigenvalue weighted by Crippen LogP contribution is -2.39. The topological polar surface area (TPSA) is 49.3 Å². The number of rotatable bonds is 7. The van der Waals surface area contributed by atoms with Gasteiger partial charge < -0.3 is 10.6 Å². The van der Waals surface area contributed by atoms with Crippen LogP contribution in [-0.4, -0.2) is 30.6 Å². The summed E-state index contributed by atoms with van der Waals surface area (Å²) in [7, 11) is 0. The zero-order valence-corrected chi connectivity index (χ0v) is 15.4. The Hall–Kier alpha value is -2.07. The standard InChI is InChI=1S/C20H25ClN4/c1-2-22-19(24-14-10-18-5-3-4-13-23-18)25-15-20(11-12-20)16-6-8-17(21)9-7-16/h3-9,13H,2,10-12,14-15H2,1H3,(H2,22,24,25). The van der Waals surface area contributed by atoms with Crippen LogP contribution in [0.1, 0.15) is 31.0 Å². The number of aromatic nitrogens is 1. The van der Waals surface area contributed by atoms with Crippen LogP contribution in [0.2, 0.25) is 5.02 Å². The molecule has 0 atom stereocenters. The molecular formula is C20H25ClN4. The molecule has 0 radical (unpaired) electrons. The predicted molar refractivity (Wildman–Crippen MR) is 104 cm³/mol.